The fourth-order valence-corrected chi connectivity index (χ4v) is 3.34. The zero-order valence-corrected chi connectivity index (χ0v) is 17.2. The van der Waals surface area contributed by atoms with E-state index in [2.05, 4.69) is 15.3 Å². The molecule has 1 aromatic carbocycles. The maximum absolute atomic E-state index is 14.4. The van der Waals surface area contributed by atoms with Crippen LogP contribution in [0.5, 0.6) is 0 Å². The van der Waals surface area contributed by atoms with Crippen molar-refractivity contribution in [2.24, 2.45) is 0 Å². The van der Waals surface area contributed by atoms with E-state index in [0.29, 0.717) is 31.6 Å². The first-order valence-corrected chi connectivity index (χ1v) is 9.61. The van der Waals surface area contributed by atoms with Gasteiger partial charge in [0.15, 0.2) is 11.6 Å². The summed E-state index contributed by atoms with van der Waals surface area (Å²) in [7, 11) is 3.24. The molecule has 1 aliphatic rings. The number of aromatic nitrogens is 2. The van der Waals surface area contributed by atoms with Gasteiger partial charge in [-0.3, -0.25) is 4.79 Å². The number of hydrogen-bond acceptors (Lipinski definition) is 6. The van der Waals surface area contributed by atoms with E-state index in [9.17, 15) is 14.0 Å². The molecule has 30 heavy (non-hydrogen) atoms. The molecule has 0 atom stereocenters. The lowest BCUT2D eigenvalue weighted by molar-refractivity contribution is -0.116. The molecule has 0 aliphatic carbocycles. The third kappa shape index (κ3) is 4.76. The monoisotopic (exact) mass is 416 g/mol. The van der Waals surface area contributed by atoms with E-state index >= 15 is 0 Å². The number of halogens is 1. The second kappa shape index (κ2) is 8.93. The van der Waals surface area contributed by atoms with E-state index < -0.39 is 11.9 Å². The molecule has 1 saturated heterocycles. The second-order valence-corrected chi connectivity index (χ2v) is 7.23. The number of benzene rings is 1. The van der Waals surface area contributed by atoms with Crippen molar-refractivity contribution in [3.8, 4) is 0 Å². The summed E-state index contributed by atoms with van der Waals surface area (Å²) in [5, 5.41) is 12.2. The Labute approximate surface area is 174 Å². The van der Waals surface area contributed by atoms with Crippen LogP contribution in [0, 0.1) is 5.82 Å². The summed E-state index contributed by atoms with van der Waals surface area (Å²) in [5.74, 6) is -0.148. The number of piperidine rings is 1. The molecular formula is C20H25FN6O3. The number of carboxylic acid groups (broad SMARTS) is 1. The zero-order valence-electron chi connectivity index (χ0n) is 17.2. The number of carbonyl (C=O) groups is 2. The summed E-state index contributed by atoms with van der Waals surface area (Å²) in [5.41, 5.74) is 1.46. The molecule has 2 heterocycles. The van der Waals surface area contributed by atoms with Crippen LogP contribution in [0.25, 0.3) is 0 Å². The van der Waals surface area contributed by atoms with E-state index in [1.165, 1.54) is 16.7 Å². The lowest BCUT2D eigenvalue weighted by Gasteiger charge is -2.36. The van der Waals surface area contributed by atoms with Gasteiger partial charge in [-0.1, -0.05) is 0 Å². The molecule has 160 valence electrons. The summed E-state index contributed by atoms with van der Waals surface area (Å²) < 4.78 is 14.4. The van der Waals surface area contributed by atoms with Gasteiger partial charge in [0.1, 0.15) is 0 Å². The van der Waals surface area contributed by atoms with Crippen LogP contribution < -0.4 is 15.1 Å². The molecule has 0 bridgehead atoms. The van der Waals surface area contributed by atoms with E-state index in [1.807, 2.05) is 0 Å². The van der Waals surface area contributed by atoms with Crippen molar-refractivity contribution in [1.82, 2.24) is 14.9 Å². The van der Waals surface area contributed by atoms with Crippen LogP contribution in [0.2, 0.25) is 0 Å². The molecule has 2 aromatic rings. The van der Waals surface area contributed by atoms with Gasteiger partial charge in [-0.15, -0.1) is 0 Å². The van der Waals surface area contributed by atoms with Crippen LogP contribution in [0.4, 0.5) is 32.3 Å². The predicted molar refractivity (Wildman–Crippen MR) is 112 cm³/mol. The summed E-state index contributed by atoms with van der Waals surface area (Å²) in [6.45, 7) is 2.49. The van der Waals surface area contributed by atoms with Crippen molar-refractivity contribution in [3.63, 3.8) is 0 Å². The first kappa shape index (κ1) is 21.3. The van der Waals surface area contributed by atoms with Gasteiger partial charge in [0, 0.05) is 51.5 Å². The van der Waals surface area contributed by atoms with Gasteiger partial charge in [-0.25, -0.2) is 14.2 Å². The second-order valence-electron chi connectivity index (χ2n) is 7.23. The number of amides is 2. The third-order valence-corrected chi connectivity index (χ3v) is 5.32. The number of anilines is 4. The third-order valence-electron chi connectivity index (χ3n) is 5.32. The minimum atomic E-state index is -0.964. The van der Waals surface area contributed by atoms with Gasteiger partial charge in [0.05, 0.1) is 6.20 Å². The zero-order chi connectivity index (χ0) is 21.8. The summed E-state index contributed by atoms with van der Waals surface area (Å²) >= 11 is 0. The number of carbonyl (C=O) groups excluding carboxylic acids is 1. The largest absolute Gasteiger partial charge is 0.465 e. The van der Waals surface area contributed by atoms with Gasteiger partial charge in [-0.2, -0.15) is 4.98 Å². The van der Waals surface area contributed by atoms with Gasteiger partial charge in [-0.05, 0) is 37.1 Å². The molecule has 1 fully saturated rings. The van der Waals surface area contributed by atoms with Gasteiger partial charge in [0.2, 0.25) is 11.9 Å². The van der Waals surface area contributed by atoms with Crippen LogP contribution in [0.1, 0.15) is 19.8 Å². The molecule has 3 rings (SSSR count). The van der Waals surface area contributed by atoms with Gasteiger partial charge < -0.3 is 25.1 Å². The molecular weight excluding hydrogens is 391 g/mol. The Morgan fingerprint density at radius 3 is 2.40 bits per heavy atom. The van der Waals surface area contributed by atoms with Gasteiger partial charge in [0.25, 0.3) is 0 Å². The topological polar surface area (TPSA) is 102 Å². The average Bonchev–Trinajstić information content (AvgIpc) is 2.74. The van der Waals surface area contributed by atoms with Crippen LogP contribution in [0.15, 0.2) is 30.5 Å². The van der Waals surface area contributed by atoms with E-state index in [-0.39, 0.29) is 23.7 Å². The van der Waals surface area contributed by atoms with Crippen molar-refractivity contribution >= 4 is 35.1 Å². The molecule has 2 N–H and O–H groups in total. The SMILES string of the molecule is CC(=O)N(C)c1ccc(Nc2ncc(F)c(N3CCC(N(C)C(=O)O)CC3)n2)cc1. The van der Waals surface area contributed by atoms with Crippen molar-refractivity contribution in [2.75, 3.05) is 42.3 Å². The summed E-state index contributed by atoms with van der Waals surface area (Å²) in [4.78, 5) is 35.5. The lowest BCUT2D eigenvalue weighted by atomic mass is 10.0. The highest BCUT2D eigenvalue weighted by Crippen LogP contribution is 2.25. The molecule has 0 unspecified atom stereocenters. The van der Waals surface area contributed by atoms with Crippen molar-refractivity contribution < 1.29 is 19.1 Å². The Kier molecular flexibility index (Phi) is 6.34. The smallest absolute Gasteiger partial charge is 0.407 e. The number of rotatable bonds is 5. The Morgan fingerprint density at radius 1 is 1.20 bits per heavy atom. The molecule has 0 radical (unpaired) electrons. The van der Waals surface area contributed by atoms with Gasteiger partial charge >= 0.3 is 6.09 Å². The number of nitrogens with zero attached hydrogens (tertiary/aromatic N) is 5. The number of nitrogens with one attached hydrogen (secondary N) is 1. The first-order valence-electron chi connectivity index (χ1n) is 9.61. The minimum absolute atomic E-state index is 0.0689. The van der Waals surface area contributed by atoms with Crippen molar-refractivity contribution in [2.45, 2.75) is 25.8 Å². The van der Waals surface area contributed by atoms with Crippen LogP contribution in [-0.4, -0.2) is 65.2 Å². The first-order chi connectivity index (χ1) is 14.3. The summed E-state index contributed by atoms with van der Waals surface area (Å²) in [6, 6.07) is 7.06. The standard InChI is InChI=1S/C20H25FN6O3/c1-13(28)25(2)15-6-4-14(5-7-15)23-19-22-12-17(21)18(24-19)27-10-8-16(9-11-27)26(3)20(29)30/h4-7,12,16H,8-11H2,1-3H3,(H,29,30)(H,22,23,24). The highest BCUT2D eigenvalue weighted by molar-refractivity contribution is 5.91. The van der Waals surface area contributed by atoms with Crippen molar-refractivity contribution in [1.29, 1.82) is 0 Å². The molecule has 0 spiro atoms. The maximum atomic E-state index is 14.4. The van der Waals surface area contributed by atoms with Crippen LogP contribution in [0.3, 0.4) is 0 Å². The van der Waals surface area contributed by atoms with E-state index in [1.54, 1.807) is 43.3 Å². The fraction of sp³-hybridized carbons (Fsp3) is 0.400. The fourth-order valence-electron chi connectivity index (χ4n) is 3.34. The Hall–Kier alpha value is -3.43. The quantitative estimate of drug-likeness (QED) is 0.773. The average molecular weight is 416 g/mol. The van der Waals surface area contributed by atoms with Crippen LogP contribution >= 0.6 is 0 Å². The Bertz CT molecular complexity index is 915. The molecule has 10 heteroatoms. The maximum Gasteiger partial charge on any atom is 0.407 e. The molecule has 0 saturated carbocycles. The highest BCUT2D eigenvalue weighted by atomic mass is 19.1. The predicted octanol–water partition coefficient (Wildman–Crippen LogP) is 2.92. The minimum Gasteiger partial charge on any atom is -0.465 e. The normalized spacial score (nSPS) is 14.3. The van der Waals surface area contributed by atoms with E-state index in [4.69, 9.17) is 5.11 Å². The lowest BCUT2D eigenvalue weighted by Crippen LogP contribution is -2.45. The molecule has 2 amide bonds. The highest BCUT2D eigenvalue weighted by Gasteiger charge is 2.27. The molecule has 1 aliphatic heterocycles. The Balaban J connectivity index is 1.69. The summed E-state index contributed by atoms with van der Waals surface area (Å²) in [6.07, 6.45) is 1.35. The molecule has 9 nitrogen and oxygen atoms in total. The number of hydrogen-bond donors (Lipinski definition) is 2. The van der Waals surface area contributed by atoms with E-state index in [0.717, 1.165) is 11.9 Å². The molecule has 1 aromatic heterocycles. The van der Waals surface area contributed by atoms with Crippen LogP contribution in [-0.2, 0) is 4.79 Å². The van der Waals surface area contributed by atoms with Crippen molar-refractivity contribution in [3.05, 3.63) is 36.3 Å². The Morgan fingerprint density at radius 2 is 1.83 bits per heavy atom.